The summed E-state index contributed by atoms with van der Waals surface area (Å²) < 4.78 is 24.8. The van der Waals surface area contributed by atoms with Gasteiger partial charge in [0.2, 0.25) is 0 Å². The fraction of sp³-hybridized carbons (Fsp3) is 0.137. The van der Waals surface area contributed by atoms with E-state index in [1.807, 2.05) is 54.6 Å². The largest absolute Gasteiger partial charge is 0.496 e. The first-order chi connectivity index (χ1) is 29.2. The van der Waals surface area contributed by atoms with Crippen molar-refractivity contribution < 1.29 is 18.9 Å². The van der Waals surface area contributed by atoms with Gasteiger partial charge in [0.1, 0.15) is 28.7 Å². The minimum absolute atomic E-state index is 0.665. The lowest BCUT2D eigenvalue weighted by Gasteiger charge is -2.23. The Kier molecular flexibility index (Phi) is 9.82. The van der Waals surface area contributed by atoms with Crippen molar-refractivity contribution in [1.82, 2.24) is 24.4 Å². The molecule has 9 heteroatoms. The maximum atomic E-state index is 6.02. The third-order valence-electron chi connectivity index (χ3n) is 11.1. The number of aromatic nitrogens is 4. The predicted octanol–water partition coefficient (Wildman–Crippen LogP) is 11.6. The Morgan fingerprint density at radius 2 is 0.717 bits per heavy atom. The maximum absolute atomic E-state index is 6.02. The molecule has 4 aromatic carbocycles. The van der Waals surface area contributed by atoms with Crippen molar-refractivity contribution in [3.05, 3.63) is 138 Å². The average molecular weight is 793 g/mol. The summed E-state index contributed by atoms with van der Waals surface area (Å²) in [4.78, 5) is 18.5. The molecule has 0 atom stereocenters. The van der Waals surface area contributed by atoms with Crippen molar-refractivity contribution in [2.45, 2.75) is 0 Å². The molecule has 298 valence electrons. The smallest absolute Gasteiger partial charge is 0.132 e. The molecule has 0 amide bonds. The van der Waals surface area contributed by atoms with Gasteiger partial charge in [0, 0.05) is 44.3 Å². The Morgan fingerprint density at radius 1 is 0.367 bits per heavy atom. The van der Waals surface area contributed by atoms with Gasteiger partial charge in [-0.1, -0.05) is 42.5 Å². The molecule has 0 fully saturated rings. The van der Waals surface area contributed by atoms with Gasteiger partial charge in [-0.05, 0) is 108 Å². The number of H-pyrrole nitrogens is 2. The van der Waals surface area contributed by atoms with E-state index in [0.717, 1.165) is 89.4 Å². The van der Waals surface area contributed by atoms with Crippen LogP contribution in [0.1, 0.15) is 22.8 Å². The molecule has 0 aliphatic carbocycles. The van der Waals surface area contributed by atoms with E-state index >= 15 is 0 Å². The lowest BCUT2D eigenvalue weighted by molar-refractivity contribution is 0.397. The quantitative estimate of drug-likeness (QED) is 0.141. The first kappa shape index (κ1) is 38.2. The molecule has 9 nitrogen and oxygen atoms in total. The molecule has 0 spiro atoms. The summed E-state index contributed by atoms with van der Waals surface area (Å²) >= 11 is 0. The Hall–Kier alpha value is -7.36. The van der Waals surface area contributed by atoms with Crippen LogP contribution in [0.5, 0.6) is 23.0 Å². The van der Waals surface area contributed by atoms with E-state index in [1.165, 1.54) is 5.69 Å². The molecule has 0 saturated carbocycles. The Morgan fingerprint density at radius 3 is 1.08 bits per heavy atom. The van der Waals surface area contributed by atoms with Crippen molar-refractivity contribution in [2.24, 2.45) is 0 Å². The number of rotatable bonds is 9. The van der Waals surface area contributed by atoms with Crippen molar-refractivity contribution in [1.29, 1.82) is 0 Å². The molecule has 2 aliphatic rings. The van der Waals surface area contributed by atoms with Crippen LogP contribution in [0.3, 0.4) is 0 Å². The summed E-state index contributed by atoms with van der Waals surface area (Å²) in [6.45, 7) is 0. The number of hydrogen-bond acceptors (Lipinski definition) is 6. The normalized spacial score (nSPS) is 12.1. The van der Waals surface area contributed by atoms with Crippen molar-refractivity contribution in [3.8, 4) is 67.5 Å². The molecule has 8 bridgehead atoms. The highest BCUT2D eigenvalue weighted by molar-refractivity contribution is 6.02. The third-order valence-corrected chi connectivity index (χ3v) is 11.1. The van der Waals surface area contributed by atoms with E-state index < -0.39 is 0 Å². The van der Waals surface area contributed by atoms with Gasteiger partial charge >= 0.3 is 0 Å². The fourth-order valence-corrected chi connectivity index (χ4v) is 8.21. The van der Waals surface area contributed by atoms with Gasteiger partial charge in [0.05, 0.1) is 83.5 Å². The number of methoxy groups -OCH3 is 4. The van der Waals surface area contributed by atoms with Gasteiger partial charge in [-0.2, -0.15) is 0 Å². The van der Waals surface area contributed by atoms with E-state index in [9.17, 15) is 0 Å². The van der Waals surface area contributed by atoms with Crippen molar-refractivity contribution >= 4 is 52.1 Å². The highest BCUT2D eigenvalue weighted by atomic mass is 16.5. The molecule has 2 aliphatic heterocycles. The SMILES string of the molecule is COc1cccc(OC)c1-c1c2nc(c(-c3ccc([N+](C)(C)C)cc3)c3ccc([nH]3)c(-c3c(OC)cccc3OC)c3nc(c(-c4ccccc4)c4ccc1[nH]4)C=C3)C=C2. The van der Waals surface area contributed by atoms with Crippen molar-refractivity contribution in [3.63, 3.8) is 0 Å². The minimum atomic E-state index is 0.665. The lowest BCUT2D eigenvalue weighted by Crippen LogP contribution is -2.34. The topological polar surface area (TPSA) is 94.3 Å². The van der Waals surface area contributed by atoms with Gasteiger partial charge in [-0.3, -0.25) is 4.48 Å². The van der Waals surface area contributed by atoms with E-state index in [1.54, 1.807) is 28.4 Å². The predicted molar refractivity (Wildman–Crippen MR) is 246 cm³/mol. The maximum Gasteiger partial charge on any atom is 0.132 e. The van der Waals surface area contributed by atoms with E-state index in [2.05, 4.69) is 116 Å². The van der Waals surface area contributed by atoms with E-state index in [0.29, 0.717) is 27.5 Å². The number of nitrogens with one attached hydrogen (secondary N) is 2. The first-order valence-electron chi connectivity index (χ1n) is 19.8. The number of quaternary nitrogens is 1. The van der Waals surface area contributed by atoms with Gasteiger partial charge in [0.25, 0.3) is 0 Å². The van der Waals surface area contributed by atoms with Crippen LogP contribution in [0.25, 0.3) is 90.9 Å². The fourth-order valence-electron chi connectivity index (χ4n) is 8.21. The van der Waals surface area contributed by atoms with Crippen LogP contribution < -0.4 is 23.4 Å². The molecular formula is C51H46N5O4+. The highest BCUT2D eigenvalue weighted by Gasteiger charge is 2.24. The molecule has 0 unspecified atom stereocenters. The first-order valence-corrected chi connectivity index (χ1v) is 19.8. The Bertz CT molecular complexity index is 2910. The van der Waals surface area contributed by atoms with Gasteiger partial charge in [-0.15, -0.1) is 0 Å². The lowest BCUT2D eigenvalue weighted by atomic mass is 10.0. The van der Waals surface area contributed by atoms with E-state index in [4.69, 9.17) is 28.9 Å². The standard InChI is InChI=1S/C51H46N5O4/c1-56(2,3)33-21-19-32(20-22-33)47-36-25-29-40(54-36)48(50-42(57-4)15-11-16-43(50)58-5)38-27-23-34(52-38)46(31-13-9-8-10-14-31)35-24-28-39(53-35)49(41-30-26-37(47)55-41)51-44(59-6)17-12-18-45(51)60-7/h8-30,52,55H,1-7H3/q+1. The monoisotopic (exact) mass is 792 g/mol. The summed E-state index contributed by atoms with van der Waals surface area (Å²) in [6.07, 6.45) is 8.30. The summed E-state index contributed by atoms with van der Waals surface area (Å²) in [6, 6.07) is 39.1. The molecule has 5 heterocycles. The van der Waals surface area contributed by atoms with Gasteiger partial charge in [0.15, 0.2) is 0 Å². The molecule has 9 rings (SSSR count). The number of nitrogens with zero attached hydrogens (tertiary/aromatic N) is 3. The Balaban J connectivity index is 1.50. The summed E-state index contributed by atoms with van der Waals surface area (Å²) in [5, 5.41) is 0. The molecule has 7 aromatic rings. The summed E-state index contributed by atoms with van der Waals surface area (Å²) in [5.74, 6) is 2.66. The highest BCUT2D eigenvalue weighted by Crippen LogP contribution is 2.46. The van der Waals surface area contributed by atoms with Crippen LogP contribution in [0, 0.1) is 0 Å². The van der Waals surface area contributed by atoms with Crippen LogP contribution in [-0.4, -0.2) is 69.5 Å². The van der Waals surface area contributed by atoms with Crippen LogP contribution >= 0.6 is 0 Å². The zero-order chi connectivity index (χ0) is 41.5. The number of benzene rings is 4. The Labute approximate surface area is 349 Å². The molecule has 0 radical (unpaired) electrons. The molecule has 2 N–H and O–H groups in total. The number of aromatic amines is 2. The second-order valence-electron chi connectivity index (χ2n) is 15.5. The molecular weight excluding hydrogens is 747 g/mol. The van der Waals surface area contributed by atoms with Crippen LogP contribution in [0.2, 0.25) is 0 Å². The molecule has 3 aromatic heterocycles. The summed E-state index contributed by atoms with van der Waals surface area (Å²) in [5.41, 5.74) is 14.9. The van der Waals surface area contributed by atoms with Crippen LogP contribution in [-0.2, 0) is 0 Å². The van der Waals surface area contributed by atoms with Gasteiger partial charge < -0.3 is 28.9 Å². The van der Waals surface area contributed by atoms with E-state index in [-0.39, 0.29) is 0 Å². The zero-order valence-electron chi connectivity index (χ0n) is 34.8. The van der Waals surface area contributed by atoms with Crippen molar-refractivity contribution in [2.75, 3.05) is 49.6 Å². The van der Waals surface area contributed by atoms with Crippen LogP contribution in [0.4, 0.5) is 5.69 Å². The second-order valence-corrected chi connectivity index (χ2v) is 15.5. The average Bonchev–Trinajstić information content (AvgIpc) is 4.12. The number of fused-ring (bicyclic) bond motifs is 8. The minimum Gasteiger partial charge on any atom is -0.496 e. The zero-order valence-corrected chi connectivity index (χ0v) is 34.8. The summed E-state index contributed by atoms with van der Waals surface area (Å²) in [7, 11) is 13.2. The van der Waals surface area contributed by atoms with Gasteiger partial charge in [-0.25, -0.2) is 9.97 Å². The number of ether oxygens (including phenoxy) is 4. The molecule has 0 saturated heterocycles. The number of hydrogen-bond donors (Lipinski definition) is 2. The second kappa shape index (κ2) is 15.4. The molecule has 60 heavy (non-hydrogen) atoms. The third kappa shape index (κ3) is 6.68. The van der Waals surface area contributed by atoms with Crippen LogP contribution in [0.15, 0.2) is 115 Å².